The fraction of sp³-hybridized carbons (Fsp3) is 0.316. The lowest BCUT2D eigenvalue weighted by Gasteiger charge is -2.42. The van der Waals surface area contributed by atoms with Crippen molar-refractivity contribution >= 4 is 17.5 Å². The third kappa shape index (κ3) is 7.75. The maximum absolute atomic E-state index is 14.3. The van der Waals surface area contributed by atoms with E-state index in [1.165, 1.54) is 19.2 Å². The second-order valence-corrected chi connectivity index (χ2v) is 11.9. The van der Waals surface area contributed by atoms with Crippen molar-refractivity contribution in [3.63, 3.8) is 0 Å². The van der Waals surface area contributed by atoms with Crippen LogP contribution in [0.1, 0.15) is 53.7 Å². The Morgan fingerprint density at radius 3 is 2.21 bits per heavy atom. The molecule has 0 radical (unpaired) electrons. The third-order valence-electron chi connectivity index (χ3n) is 8.71. The normalized spacial score (nSPS) is 17.1. The lowest BCUT2D eigenvalue weighted by molar-refractivity contribution is -0.138. The van der Waals surface area contributed by atoms with Crippen LogP contribution in [0.25, 0.3) is 0 Å². The average Bonchev–Trinajstić information content (AvgIpc) is 3.09. The Bertz CT molecular complexity index is 1690. The number of benzene rings is 4. The number of anilines is 1. The van der Waals surface area contributed by atoms with Crippen molar-refractivity contribution in [1.29, 1.82) is 0 Å². The van der Waals surface area contributed by atoms with Gasteiger partial charge in [0.05, 0.1) is 31.7 Å². The summed E-state index contributed by atoms with van der Waals surface area (Å²) in [5, 5.41) is 0. The molecule has 0 N–H and O–H groups in total. The van der Waals surface area contributed by atoms with Gasteiger partial charge >= 0.3 is 6.18 Å². The molecule has 1 aliphatic rings. The average molecular weight is 661 g/mol. The first-order valence-electron chi connectivity index (χ1n) is 15.7. The van der Waals surface area contributed by atoms with Crippen molar-refractivity contribution in [1.82, 2.24) is 4.90 Å². The number of ether oxygens (including phenoxy) is 3. The standard InChI is InChI=1S/C38H39F3N2O5/c1-25-10-15-29(16-11-25)43-35(44)21-19-31(36(43)27-12-20-33(46-3)34(24-27)47-4)37(45)42(2)23-22-32(26-8-6-5-7-9-26)48-30-17-13-28(14-18-30)38(39,40)41/h5-18,20,24,31-32,36H,19,21-23H2,1-4H3. The van der Waals surface area contributed by atoms with Crippen molar-refractivity contribution in [3.05, 3.63) is 119 Å². The smallest absolute Gasteiger partial charge is 0.416 e. The quantitative estimate of drug-likeness (QED) is 0.162. The number of halogens is 3. The number of carbonyl (C=O) groups excluding carboxylic acids is 2. The molecular formula is C38H39F3N2O5. The van der Waals surface area contributed by atoms with Gasteiger partial charge in [0, 0.05) is 32.1 Å². The zero-order valence-corrected chi connectivity index (χ0v) is 27.4. The molecule has 1 heterocycles. The lowest BCUT2D eigenvalue weighted by atomic mass is 9.82. The maximum atomic E-state index is 14.3. The molecule has 1 aliphatic heterocycles. The minimum atomic E-state index is -4.45. The van der Waals surface area contributed by atoms with Gasteiger partial charge in [0.2, 0.25) is 11.8 Å². The molecule has 7 nitrogen and oxygen atoms in total. The van der Waals surface area contributed by atoms with E-state index in [4.69, 9.17) is 14.2 Å². The number of nitrogens with zero attached hydrogens (tertiary/aromatic N) is 2. The van der Waals surface area contributed by atoms with Gasteiger partial charge in [0.25, 0.3) is 0 Å². The van der Waals surface area contributed by atoms with Gasteiger partial charge < -0.3 is 24.0 Å². The van der Waals surface area contributed by atoms with Crippen LogP contribution in [0, 0.1) is 12.8 Å². The van der Waals surface area contributed by atoms with Crippen LogP contribution in [0.2, 0.25) is 0 Å². The van der Waals surface area contributed by atoms with Crippen LogP contribution in [0.15, 0.2) is 97.1 Å². The van der Waals surface area contributed by atoms with Crippen LogP contribution in [0.4, 0.5) is 18.9 Å². The van der Waals surface area contributed by atoms with E-state index in [1.807, 2.05) is 73.7 Å². The van der Waals surface area contributed by atoms with Gasteiger partial charge in [0.1, 0.15) is 11.9 Å². The highest BCUT2D eigenvalue weighted by molar-refractivity contribution is 5.97. The van der Waals surface area contributed by atoms with Crippen molar-refractivity contribution in [2.75, 3.05) is 32.7 Å². The molecule has 0 aromatic heterocycles. The Hall–Kier alpha value is -4.99. The van der Waals surface area contributed by atoms with Crippen LogP contribution in [0.5, 0.6) is 17.2 Å². The molecule has 10 heteroatoms. The summed E-state index contributed by atoms with van der Waals surface area (Å²) in [6.07, 6.45) is -4.05. The predicted octanol–water partition coefficient (Wildman–Crippen LogP) is 8.18. The van der Waals surface area contributed by atoms with E-state index in [1.54, 1.807) is 30.0 Å². The number of methoxy groups -OCH3 is 2. The fourth-order valence-corrected chi connectivity index (χ4v) is 6.13. The lowest BCUT2D eigenvalue weighted by Crippen LogP contribution is -2.49. The predicted molar refractivity (Wildman–Crippen MR) is 177 cm³/mol. The molecule has 0 saturated carbocycles. The van der Waals surface area contributed by atoms with E-state index in [0.717, 1.165) is 28.8 Å². The molecule has 1 fully saturated rings. The fourth-order valence-electron chi connectivity index (χ4n) is 6.13. The molecular weight excluding hydrogens is 621 g/mol. The summed E-state index contributed by atoms with van der Waals surface area (Å²) in [5.41, 5.74) is 2.55. The maximum Gasteiger partial charge on any atom is 0.416 e. The van der Waals surface area contributed by atoms with E-state index < -0.39 is 29.8 Å². The van der Waals surface area contributed by atoms with E-state index >= 15 is 0 Å². The zero-order chi connectivity index (χ0) is 34.4. The van der Waals surface area contributed by atoms with Crippen LogP contribution in [-0.4, -0.2) is 44.5 Å². The molecule has 48 heavy (non-hydrogen) atoms. The minimum absolute atomic E-state index is 0.0839. The highest BCUT2D eigenvalue weighted by Gasteiger charge is 2.43. The largest absolute Gasteiger partial charge is 0.493 e. The van der Waals surface area contributed by atoms with Gasteiger partial charge in [-0.1, -0.05) is 54.1 Å². The molecule has 252 valence electrons. The number of hydrogen-bond acceptors (Lipinski definition) is 5. The number of piperidine rings is 1. The van der Waals surface area contributed by atoms with Crippen LogP contribution in [-0.2, 0) is 15.8 Å². The SMILES string of the molecule is COc1ccc(C2C(C(=O)N(C)CCC(Oc3ccc(C(F)(F)F)cc3)c3ccccc3)CCC(=O)N2c2ccc(C)cc2)cc1OC. The number of rotatable bonds is 11. The summed E-state index contributed by atoms with van der Waals surface area (Å²) in [5.74, 6) is 0.518. The van der Waals surface area contributed by atoms with Gasteiger partial charge in [0.15, 0.2) is 11.5 Å². The second kappa shape index (κ2) is 14.8. The van der Waals surface area contributed by atoms with Gasteiger partial charge in [-0.15, -0.1) is 0 Å². The number of amides is 2. The summed E-state index contributed by atoms with van der Waals surface area (Å²) in [6.45, 7) is 2.27. The first-order valence-corrected chi connectivity index (χ1v) is 15.7. The third-order valence-corrected chi connectivity index (χ3v) is 8.71. The number of carbonyl (C=O) groups is 2. The topological polar surface area (TPSA) is 68.3 Å². The van der Waals surface area contributed by atoms with Crippen molar-refractivity contribution < 1.29 is 37.0 Å². The highest BCUT2D eigenvalue weighted by atomic mass is 19.4. The molecule has 0 bridgehead atoms. The van der Waals surface area contributed by atoms with Crippen molar-refractivity contribution in [3.8, 4) is 17.2 Å². The molecule has 4 aromatic rings. The second-order valence-electron chi connectivity index (χ2n) is 11.9. The minimum Gasteiger partial charge on any atom is -0.493 e. The molecule has 5 rings (SSSR count). The van der Waals surface area contributed by atoms with Gasteiger partial charge in [-0.3, -0.25) is 9.59 Å². The summed E-state index contributed by atoms with van der Waals surface area (Å²) in [7, 11) is 4.81. The number of aryl methyl sites for hydroxylation is 1. The monoisotopic (exact) mass is 660 g/mol. The Labute approximate surface area is 278 Å². The first kappa shape index (κ1) is 34.3. The van der Waals surface area contributed by atoms with E-state index in [0.29, 0.717) is 42.3 Å². The Morgan fingerprint density at radius 1 is 0.917 bits per heavy atom. The van der Waals surface area contributed by atoms with Crippen molar-refractivity contribution in [2.24, 2.45) is 5.92 Å². The zero-order valence-electron chi connectivity index (χ0n) is 27.4. The molecule has 3 unspecified atom stereocenters. The van der Waals surface area contributed by atoms with Gasteiger partial charge in [-0.25, -0.2) is 0 Å². The Kier molecular flexibility index (Phi) is 10.6. The van der Waals surface area contributed by atoms with Crippen molar-refractivity contribution in [2.45, 2.75) is 44.5 Å². The number of hydrogen-bond donors (Lipinski definition) is 0. The molecule has 0 aliphatic carbocycles. The molecule has 3 atom stereocenters. The Morgan fingerprint density at radius 2 is 1.58 bits per heavy atom. The molecule has 0 spiro atoms. The van der Waals surface area contributed by atoms with Crippen LogP contribution in [0.3, 0.4) is 0 Å². The van der Waals surface area contributed by atoms with Crippen LogP contribution < -0.4 is 19.1 Å². The van der Waals surface area contributed by atoms with E-state index in [-0.39, 0.29) is 18.2 Å². The first-order chi connectivity index (χ1) is 23.0. The van der Waals surface area contributed by atoms with Crippen LogP contribution >= 0.6 is 0 Å². The number of alkyl halides is 3. The highest BCUT2D eigenvalue weighted by Crippen LogP contribution is 2.43. The summed E-state index contributed by atoms with van der Waals surface area (Å²) < 4.78 is 56.6. The van der Waals surface area contributed by atoms with Gasteiger partial charge in [-0.2, -0.15) is 13.2 Å². The summed E-state index contributed by atoms with van der Waals surface area (Å²) in [6, 6.07) is 26.4. The van der Waals surface area contributed by atoms with E-state index in [2.05, 4.69) is 0 Å². The summed E-state index contributed by atoms with van der Waals surface area (Å²) in [4.78, 5) is 31.2. The Balaban J connectivity index is 1.41. The molecule has 4 aromatic carbocycles. The summed E-state index contributed by atoms with van der Waals surface area (Å²) >= 11 is 0. The molecule has 2 amide bonds. The molecule has 1 saturated heterocycles. The van der Waals surface area contributed by atoms with Gasteiger partial charge in [-0.05, 0) is 73.0 Å². The van der Waals surface area contributed by atoms with E-state index in [9.17, 15) is 22.8 Å².